The van der Waals surface area contributed by atoms with Crippen LogP contribution < -0.4 is 0 Å². The minimum atomic E-state index is -0.922. The van der Waals surface area contributed by atoms with Gasteiger partial charge in [-0.2, -0.15) is 0 Å². The molecule has 0 aliphatic carbocycles. The van der Waals surface area contributed by atoms with Gasteiger partial charge in [0.05, 0.1) is 17.3 Å². The molecule has 0 bridgehead atoms. The summed E-state index contributed by atoms with van der Waals surface area (Å²) in [6.07, 6.45) is 3.23. The largest absolute Gasteiger partial charge is 0.388 e. The molecule has 2 heterocycles. The molecule has 0 radical (unpaired) electrons. The SMILES string of the molecule is CC(C)(O)C1CCCN1C(=O)c1ncn(-c2ccccc2)n1. The third kappa shape index (κ3) is 2.74. The molecule has 1 aromatic heterocycles. The zero-order valence-corrected chi connectivity index (χ0v) is 12.8. The van der Waals surface area contributed by atoms with E-state index in [1.807, 2.05) is 30.3 Å². The Kier molecular flexibility index (Phi) is 3.70. The lowest BCUT2D eigenvalue weighted by atomic mass is 9.96. The van der Waals surface area contributed by atoms with E-state index in [4.69, 9.17) is 0 Å². The molecule has 1 aromatic carbocycles. The average Bonchev–Trinajstić information content (AvgIpc) is 3.16. The van der Waals surface area contributed by atoms with Crippen molar-refractivity contribution in [1.82, 2.24) is 19.7 Å². The van der Waals surface area contributed by atoms with Gasteiger partial charge >= 0.3 is 0 Å². The maximum absolute atomic E-state index is 12.6. The highest BCUT2D eigenvalue weighted by Crippen LogP contribution is 2.27. The van der Waals surface area contributed by atoms with E-state index in [-0.39, 0.29) is 17.8 Å². The quantitative estimate of drug-likeness (QED) is 0.935. The van der Waals surface area contributed by atoms with Crippen LogP contribution in [-0.4, -0.2) is 48.9 Å². The first-order chi connectivity index (χ1) is 10.5. The maximum Gasteiger partial charge on any atom is 0.293 e. The summed E-state index contributed by atoms with van der Waals surface area (Å²) in [5, 5.41) is 14.5. The van der Waals surface area contributed by atoms with E-state index in [9.17, 15) is 9.90 Å². The van der Waals surface area contributed by atoms with Crippen LogP contribution >= 0.6 is 0 Å². The Bertz CT molecular complexity index is 660. The van der Waals surface area contributed by atoms with E-state index in [1.54, 1.807) is 23.4 Å². The van der Waals surface area contributed by atoms with Crippen LogP contribution in [0.5, 0.6) is 0 Å². The highest BCUT2D eigenvalue weighted by molar-refractivity contribution is 5.90. The molecule has 2 aromatic rings. The molecule has 22 heavy (non-hydrogen) atoms. The molecule has 1 fully saturated rings. The Morgan fingerprint density at radius 3 is 2.73 bits per heavy atom. The summed E-state index contributed by atoms with van der Waals surface area (Å²) in [6, 6.07) is 9.34. The van der Waals surface area contributed by atoms with Gasteiger partial charge in [-0.15, -0.1) is 5.10 Å². The van der Waals surface area contributed by atoms with Crippen molar-refractivity contribution in [1.29, 1.82) is 0 Å². The van der Waals surface area contributed by atoms with Gasteiger partial charge in [0.2, 0.25) is 5.82 Å². The molecule has 1 aliphatic rings. The maximum atomic E-state index is 12.6. The fourth-order valence-electron chi connectivity index (χ4n) is 2.94. The van der Waals surface area contributed by atoms with Crippen LogP contribution in [0.1, 0.15) is 37.3 Å². The van der Waals surface area contributed by atoms with Crippen molar-refractivity contribution >= 4 is 5.91 Å². The van der Waals surface area contributed by atoms with E-state index in [0.717, 1.165) is 18.5 Å². The van der Waals surface area contributed by atoms with Gasteiger partial charge in [-0.05, 0) is 38.8 Å². The number of aromatic nitrogens is 3. The zero-order valence-electron chi connectivity index (χ0n) is 12.8. The lowest BCUT2D eigenvalue weighted by Gasteiger charge is -2.33. The molecular weight excluding hydrogens is 280 g/mol. The first kappa shape index (κ1) is 14.7. The summed E-state index contributed by atoms with van der Waals surface area (Å²) >= 11 is 0. The Hall–Kier alpha value is -2.21. The fourth-order valence-corrected chi connectivity index (χ4v) is 2.94. The summed E-state index contributed by atoms with van der Waals surface area (Å²) in [5.41, 5.74) is -0.0664. The van der Waals surface area contributed by atoms with Crippen LogP contribution in [-0.2, 0) is 0 Å². The Morgan fingerprint density at radius 2 is 2.05 bits per heavy atom. The van der Waals surface area contributed by atoms with Crippen molar-refractivity contribution in [3.8, 4) is 5.69 Å². The number of carbonyl (C=O) groups is 1. The first-order valence-corrected chi connectivity index (χ1v) is 7.47. The van der Waals surface area contributed by atoms with Crippen LogP contribution in [0.25, 0.3) is 5.69 Å². The lowest BCUT2D eigenvalue weighted by Crippen LogP contribution is -2.48. The second kappa shape index (κ2) is 5.53. The van der Waals surface area contributed by atoms with E-state index in [0.29, 0.717) is 6.54 Å². The predicted molar refractivity (Wildman–Crippen MR) is 81.7 cm³/mol. The van der Waals surface area contributed by atoms with Crippen molar-refractivity contribution in [2.45, 2.75) is 38.3 Å². The van der Waals surface area contributed by atoms with Crippen LogP contribution in [0, 0.1) is 0 Å². The van der Waals surface area contributed by atoms with Gasteiger partial charge in [0.15, 0.2) is 0 Å². The number of rotatable bonds is 3. The number of likely N-dealkylation sites (tertiary alicyclic amines) is 1. The topological polar surface area (TPSA) is 71.2 Å². The van der Waals surface area contributed by atoms with Gasteiger partial charge in [0, 0.05) is 6.54 Å². The van der Waals surface area contributed by atoms with Crippen molar-refractivity contribution < 1.29 is 9.90 Å². The normalized spacial score (nSPS) is 18.7. The number of hydrogen-bond donors (Lipinski definition) is 1. The van der Waals surface area contributed by atoms with E-state index in [1.165, 1.54) is 6.33 Å². The molecule has 1 aliphatic heterocycles. The van der Waals surface area contributed by atoms with Crippen LogP contribution in [0.4, 0.5) is 0 Å². The second-order valence-electron chi connectivity index (χ2n) is 6.16. The summed E-state index contributed by atoms with van der Waals surface area (Å²) in [6.45, 7) is 4.10. The summed E-state index contributed by atoms with van der Waals surface area (Å²) in [4.78, 5) is 18.4. The number of hydrogen-bond acceptors (Lipinski definition) is 4. The van der Waals surface area contributed by atoms with Gasteiger partial charge < -0.3 is 10.0 Å². The van der Waals surface area contributed by atoms with Crippen molar-refractivity contribution in [2.75, 3.05) is 6.54 Å². The molecule has 1 N–H and O–H groups in total. The van der Waals surface area contributed by atoms with Crippen LogP contribution in [0.3, 0.4) is 0 Å². The van der Waals surface area contributed by atoms with Gasteiger partial charge in [-0.3, -0.25) is 4.79 Å². The highest BCUT2D eigenvalue weighted by atomic mass is 16.3. The predicted octanol–water partition coefficient (Wildman–Crippen LogP) is 1.64. The molecular formula is C16H20N4O2. The summed E-state index contributed by atoms with van der Waals surface area (Å²) in [7, 11) is 0. The second-order valence-corrected chi connectivity index (χ2v) is 6.16. The average molecular weight is 300 g/mol. The Balaban J connectivity index is 1.83. The van der Waals surface area contributed by atoms with E-state index >= 15 is 0 Å². The minimum absolute atomic E-state index is 0.167. The van der Waals surface area contributed by atoms with Crippen LogP contribution in [0.15, 0.2) is 36.7 Å². The number of aliphatic hydroxyl groups is 1. The summed E-state index contributed by atoms with van der Waals surface area (Å²) < 4.78 is 1.59. The van der Waals surface area contributed by atoms with Gasteiger partial charge in [0.25, 0.3) is 5.91 Å². The molecule has 0 saturated carbocycles. The van der Waals surface area contributed by atoms with Crippen molar-refractivity contribution in [3.63, 3.8) is 0 Å². The Labute approximate surface area is 129 Å². The number of para-hydroxylation sites is 1. The van der Waals surface area contributed by atoms with Crippen molar-refractivity contribution in [3.05, 3.63) is 42.5 Å². The standard InChI is InChI=1S/C16H20N4O2/c1-16(2,22)13-9-6-10-19(13)15(21)14-17-11-20(18-14)12-7-4-3-5-8-12/h3-5,7-8,11,13,22H,6,9-10H2,1-2H3. The fraction of sp³-hybridized carbons (Fsp3) is 0.438. The number of benzene rings is 1. The molecule has 1 amide bonds. The smallest absolute Gasteiger partial charge is 0.293 e. The lowest BCUT2D eigenvalue weighted by molar-refractivity contribution is -0.000111. The minimum Gasteiger partial charge on any atom is -0.388 e. The summed E-state index contributed by atoms with van der Waals surface area (Å²) in [5.74, 6) is -0.0562. The first-order valence-electron chi connectivity index (χ1n) is 7.47. The molecule has 116 valence electrons. The zero-order chi connectivity index (χ0) is 15.7. The number of amides is 1. The van der Waals surface area contributed by atoms with Crippen molar-refractivity contribution in [2.24, 2.45) is 0 Å². The monoisotopic (exact) mass is 300 g/mol. The number of nitrogens with zero attached hydrogens (tertiary/aromatic N) is 4. The molecule has 3 rings (SSSR count). The van der Waals surface area contributed by atoms with E-state index < -0.39 is 5.60 Å². The molecule has 6 heteroatoms. The molecule has 1 unspecified atom stereocenters. The molecule has 6 nitrogen and oxygen atoms in total. The van der Waals surface area contributed by atoms with Gasteiger partial charge in [-0.1, -0.05) is 18.2 Å². The Morgan fingerprint density at radius 1 is 1.32 bits per heavy atom. The van der Waals surface area contributed by atoms with Gasteiger partial charge in [-0.25, -0.2) is 9.67 Å². The highest BCUT2D eigenvalue weighted by Gasteiger charge is 2.39. The van der Waals surface area contributed by atoms with E-state index in [2.05, 4.69) is 10.1 Å². The molecule has 1 saturated heterocycles. The molecule has 1 atom stereocenters. The van der Waals surface area contributed by atoms with Gasteiger partial charge in [0.1, 0.15) is 6.33 Å². The third-order valence-electron chi connectivity index (χ3n) is 4.03. The third-order valence-corrected chi connectivity index (χ3v) is 4.03. The molecule has 0 spiro atoms. The number of carbonyl (C=O) groups excluding carboxylic acids is 1. The van der Waals surface area contributed by atoms with Crippen LogP contribution in [0.2, 0.25) is 0 Å².